The average molecular weight is 731 g/mol. The van der Waals surface area contributed by atoms with Gasteiger partial charge in [-0.1, -0.05) is 53.0 Å². The molecule has 246 valence electrons. The third-order valence-corrected chi connectivity index (χ3v) is 9.44. The number of methoxy groups -OCH3 is 1. The van der Waals surface area contributed by atoms with E-state index < -0.39 is 28.2 Å². The van der Waals surface area contributed by atoms with Crippen molar-refractivity contribution in [2.75, 3.05) is 7.11 Å². The van der Waals surface area contributed by atoms with Crippen molar-refractivity contribution in [3.05, 3.63) is 118 Å². The number of imide groups is 1. The quantitative estimate of drug-likeness (QED) is 0.164. The van der Waals surface area contributed by atoms with Gasteiger partial charge in [0.1, 0.15) is 5.82 Å². The van der Waals surface area contributed by atoms with Crippen molar-refractivity contribution in [1.29, 1.82) is 0 Å². The molecule has 2 aromatic heterocycles. The van der Waals surface area contributed by atoms with Crippen molar-refractivity contribution >= 4 is 75.0 Å². The first-order chi connectivity index (χ1) is 22.9. The van der Waals surface area contributed by atoms with E-state index in [1.54, 1.807) is 36.4 Å². The van der Waals surface area contributed by atoms with Crippen LogP contribution in [0.3, 0.4) is 0 Å². The molecule has 48 heavy (non-hydrogen) atoms. The van der Waals surface area contributed by atoms with Crippen LogP contribution in [0.2, 0.25) is 15.1 Å². The molecule has 0 N–H and O–H groups in total. The van der Waals surface area contributed by atoms with Crippen LogP contribution >= 0.6 is 46.6 Å². The van der Waals surface area contributed by atoms with Crippen LogP contribution in [0.25, 0.3) is 17.2 Å². The molecular formula is C32H23Cl3FN5O6S. The number of rotatable bonds is 8. The Kier molecular flexibility index (Phi) is 9.14. The number of carbonyl (C=O) groups excluding carboxylic acids is 2. The molecule has 1 fully saturated rings. The highest BCUT2D eigenvalue weighted by Crippen LogP contribution is 2.38. The van der Waals surface area contributed by atoms with E-state index >= 15 is 0 Å². The molecular weight excluding hydrogens is 708 g/mol. The van der Waals surface area contributed by atoms with Crippen LogP contribution in [0.1, 0.15) is 16.7 Å². The van der Waals surface area contributed by atoms with Crippen LogP contribution < -0.4 is 20.7 Å². The van der Waals surface area contributed by atoms with E-state index in [0.717, 1.165) is 9.47 Å². The minimum Gasteiger partial charge on any atom is -0.493 e. The van der Waals surface area contributed by atoms with E-state index in [0.29, 0.717) is 32.9 Å². The number of halogens is 4. The van der Waals surface area contributed by atoms with E-state index in [9.17, 15) is 23.6 Å². The van der Waals surface area contributed by atoms with Crippen molar-refractivity contribution in [2.24, 2.45) is 14.1 Å². The van der Waals surface area contributed by atoms with Gasteiger partial charge in [-0.15, -0.1) is 0 Å². The molecule has 11 nitrogen and oxygen atoms in total. The topological polar surface area (TPSA) is 118 Å². The number of hydrogen-bond acceptors (Lipinski definition) is 8. The molecule has 0 saturated carbocycles. The maximum absolute atomic E-state index is 14.4. The molecule has 0 aliphatic carbocycles. The van der Waals surface area contributed by atoms with Crippen LogP contribution in [-0.4, -0.2) is 41.8 Å². The SMILES string of the molecule is COc1cc(/C=C2/SC(=O)N(Cc3c(F)cccc3Cl)C2=O)ccc1Oc1nc2c(c(=O)n(C)c(=O)n2C)n1Cc1ccc(Cl)cc1Cl. The zero-order chi connectivity index (χ0) is 34.4. The Bertz CT molecular complexity index is 2300. The minimum atomic E-state index is -0.627. The number of hydrogen-bond donors (Lipinski definition) is 0. The number of carbonyl (C=O) groups is 2. The smallest absolute Gasteiger partial charge is 0.332 e. The fourth-order valence-corrected chi connectivity index (χ4v) is 6.59. The summed E-state index contributed by atoms with van der Waals surface area (Å²) in [6.45, 7) is -0.274. The van der Waals surface area contributed by atoms with Gasteiger partial charge in [-0.05, 0) is 65.4 Å². The summed E-state index contributed by atoms with van der Waals surface area (Å²) in [6.07, 6.45) is 1.50. The highest BCUT2D eigenvalue weighted by atomic mass is 35.5. The van der Waals surface area contributed by atoms with Crippen molar-refractivity contribution in [1.82, 2.24) is 23.6 Å². The predicted molar refractivity (Wildman–Crippen MR) is 182 cm³/mol. The molecule has 6 rings (SSSR count). The maximum Gasteiger partial charge on any atom is 0.332 e. The molecule has 0 atom stereocenters. The lowest BCUT2D eigenvalue weighted by Gasteiger charge is -2.14. The molecule has 3 heterocycles. The summed E-state index contributed by atoms with van der Waals surface area (Å²) < 4.78 is 29.8. The Morgan fingerprint density at radius 1 is 0.917 bits per heavy atom. The molecule has 0 radical (unpaired) electrons. The number of aromatic nitrogens is 4. The van der Waals surface area contributed by atoms with Crippen molar-refractivity contribution in [2.45, 2.75) is 13.1 Å². The van der Waals surface area contributed by atoms with Crippen molar-refractivity contribution in [3.8, 4) is 17.5 Å². The van der Waals surface area contributed by atoms with Gasteiger partial charge in [0.15, 0.2) is 22.7 Å². The van der Waals surface area contributed by atoms with Gasteiger partial charge in [0.05, 0.1) is 25.1 Å². The lowest BCUT2D eigenvalue weighted by atomic mass is 10.1. The van der Waals surface area contributed by atoms with Crippen molar-refractivity contribution in [3.63, 3.8) is 0 Å². The molecule has 0 bridgehead atoms. The number of benzene rings is 3. The first kappa shape index (κ1) is 33.3. The molecule has 1 saturated heterocycles. The first-order valence-electron chi connectivity index (χ1n) is 14.0. The number of amides is 2. The van der Waals surface area contributed by atoms with Crippen molar-refractivity contribution < 1.29 is 23.5 Å². The van der Waals surface area contributed by atoms with Crippen LogP contribution in [0.4, 0.5) is 9.18 Å². The van der Waals surface area contributed by atoms with Gasteiger partial charge in [-0.25, -0.2) is 9.18 Å². The molecule has 2 amide bonds. The number of thioether (sulfide) groups is 1. The predicted octanol–water partition coefficient (Wildman–Crippen LogP) is 6.62. The minimum absolute atomic E-state index is 0.0340. The fraction of sp³-hybridized carbons (Fsp3) is 0.156. The van der Waals surface area contributed by atoms with Crippen LogP contribution in [-0.2, 0) is 32.0 Å². The zero-order valence-corrected chi connectivity index (χ0v) is 28.4. The van der Waals surface area contributed by atoms with Gasteiger partial charge in [-0.3, -0.25) is 33.0 Å². The highest BCUT2D eigenvalue weighted by Gasteiger charge is 2.36. The average Bonchev–Trinajstić information content (AvgIpc) is 3.54. The summed E-state index contributed by atoms with van der Waals surface area (Å²) in [5.74, 6) is -0.813. The van der Waals surface area contributed by atoms with E-state index in [2.05, 4.69) is 4.98 Å². The molecule has 5 aromatic rings. The number of aryl methyl sites for hydroxylation is 1. The van der Waals surface area contributed by atoms with Gasteiger partial charge < -0.3 is 9.47 Å². The Hall–Kier alpha value is -4.56. The van der Waals surface area contributed by atoms with Gasteiger partial charge in [-0.2, -0.15) is 4.98 Å². The number of ether oxygens (including phenoxy) is 2. The molecule has 3 aromatic carbocycles. The Morgan fingerprint density at radius 2 is 1.69 bits per heavy atom. The lowest BCUT2D eigenvalue weighted by molar-refractivity contribution is -0.123. The van der Waals surface area contributed by atoms with Crippen LogP contribution in [0, 0.1) is 5.82 Å². The van der Waals surface area contributed by atoms with E-state index in [-0.39, 0.29) is 57.3 Å². The van der Waals surface area contributed by atoms with Gasteiger partial charge in [0.2, 0.25) is 0 Å². The largest absolute Gasteiger partial charge is 0.493 e. The summed E-state index contributed by atoms with van der Waals surface area (Å²) in [4.78, 5) is 57.4. The van der Waals surface area contributed by atoms with Gasteiger partial charge in [0.25, 0.3) is 16.7 Å². The molecule has 16 heteroatoms. The second-order valence-corrected chi connectivity index (χ2v) is 12.8. The summed E-state index contributed by atoms with van der Waals surface area (Å²) in [5, 5.41) is 0.307. The summed E-state index contributed by atoms with van der Waals surface area (Å²) in [5.41, 5.74) is 0.162. The molecule has 1 aliphatic heterocycles. The second-order valence-electron chi connectivity index (χ2n) is 10.6. The first-order valence-corrected chi connectivity index (χ1v) is 16.0. The van der Waals surface area contributed by atoms with Gasteiger partial charge in [0, 0.05) is 34.7 Å². The van der Waals surface area contributed by atoms with E-state index in [1.807, 2.05) is 0 Å². The van der Waals surface area contributed by atoms with E-state index in [4.69, 9.17) is 44.3 Å². The van der Waals surface area contributed by atoms with Crippen LogP contribution in [0.15, 0.2) is 69.1 Å². The van der Waals surface area contributed by atoms with Gasteiger partial charge >= 0.3 is 11.7 Å². The number of fused-ring (bicyclic) bond motifs is 1. The third kappa shape index (κ3) is 6.10. The molecule has 1 aliphatic rings. The summed E-state index contributed by atoms with van der Waals surface area (Å²) >= 11 is 19.4. The maximum atomic E-state index is 14.4. The second kappa shape index (κ2) is 13.2. The number of nitrogens with zero attached hydrogens (tertiary/aromatic N) is 5. The van der Waals surface area contributed by atoms with E-state index in [1.165, 1.54) is 54.6 Å². The molecule has 0 spiro atoms. The van der Waals surface area contributed by atoms with Crippen LogP contribution in [0.5, 0.6) is 17.5 Å². The third-order valence-electron chi connectivity index (χ3n) is 7.59. The standard InChI is InChI=1S/C32H23Cl3FN5O6S/c1-38-27-26(29(43)39(2)31(38)44)40(14-17-8-9-18(33)13-21(17)35)30(37-27)47-23-10-7-16(11-24(23)46-3)12-25-28(42)41(32(45)48-25)15-19-20(34)5-4-6-22(19)36/h4-13H,14-15H2,1-3H3/b25-12+. The summed E-state index contributed by atoms with van der Waals surface area (Å²) in [7, 11) is 4.26. The Morgan fingerprint density at radius 3 is 2.40 bits per heavy atom. The zero-order valence-electron chi connectivity index (χ0n) is 25.3. The lowest BCUT2D eigenvalue weighted by Crippen LogP contribution is -2.37. The molecule has 0 unspecified atom stereocenters. The number of imidazole rings is 1. The fourth-order valence-electron chi connectivity index (χ4n) is 5.06. The Labute approximate surface area is 290 Å². The normalized spacial score (nSPS) is 14.1. The monoisotopic (exact) mass is 729 g/mol. The summed E-state index contributed by atoms with van der Waals surface area (Å²) in [6, 6.07) is 13.8. The Balaban J connectivity index is 1.35. The highest BCUT2D eigenvalue weighted by molar-refractivity contribution is 8.18.